The molecule has 0 unspecified atom stereocenters. The van der Waals surface area contributed by atoms with Crippen molar-refractivity contribution < 1.29 is 19.7 Å². The molecule has 1 aromatic heterocycles. The van der Waals surface area contributed by atoms with Gasteiger partial charge in [0.05, 0.1) is 18.9 Å². The van der Waals surface area contributed by atoms with Gasteiger partial charge in [0.1, 0.15) is 11.2 Å². The summed E-state index contributed by atoms with van der Waals surface area (Å²) in [4.78, 5) is 14.3. The number of aliphatic carboxylic acids is 1. The molecule has 2 heterocycles. The summed E-state index contributed by atoms with van der Waals surface area (Å²) >= 11 is 0. The minimum Gasteiger partial charge on any atom is -0.497 e. The van der Waals surface area contributed by atoms with Gasteiger partial charge >= 0.3 is 5.97 Å². The number of carboxylic acid groups (broad SMARTS) is 1. The number of benzene rings is 1. The lowest BCUT2D eigenvalue weighted by molar-refractivity contribution is -0.163. The number of nitrogens with zero attached hydrogens (tertiary/aromatic N) is 3. The standard InChI is InChI=1S/C19H25N3O4/c1-21-15(6-8-20-21)12-22-9-7-17(23)19(13-22,18(24)25)11-14-4-3-5-16(10-14)26-2/h3-6,8,10,17,23H,7,9,11-13H2,1-2H3,(H,24,25)/t17-,19-/m1/s1. The summed E-state index contributed by atoms with van der Waals surface area (Å²) in [6, 6.07) is 9.29. The zero-order chi connectivity index (χ0) is 18.7. The Morgan fingerprint density at radius 3 is 2.88 bits per heavy atom. The van der Waals surface area contributed by atoms with Crippen molar-refractivity contribution in [3.05, 3.63) is 47.8 Å². The third-order valence-electron chi connectivity index (χ3n) is 5.25. The minimum atomic E-state index is -1.25. The Labute approximate surface area is 152 Å². The molecule has 26 heavy (non-hydrogen) atoms. The van der Waals surface area contributed by atoms with E-state index in [1.807, 2.05) is 37.4 Å². The smallest absolute Gasteiger partial charge is 0.313 e. The summed E-state index contributed by atoms with van der Waals surface area (Å²) in [5, 5.41) is 24.8. The van der Waals surface area contributed by atoms with E-state index in [0.717, 1.165) is 11.3 Å². The number of ether oxygens (including phenoxy) is 1. The molecule has 7 nitrogen and oxygen atoms in total. The number of carbonyl (C=O) groups is 1. The Bertz CT molecular complexity index is 776. The molecule has 3 rings (SSSR count). The molecule has 140 valence electrons. The van der Waals surface area contributed by atoms with Crippen LogP contribution >= 0.6 is 0 Å². The Hall–Kier alpha value is -2.38. The van der Waals surface area contributed by atoms with Crippen LogP contribution in [0.5, 0.6) is 5.75 Å². The first-order chi connectivity index (χ1) is 12.4. The molecule has 2 N–H and O–H groups in total. The van der Waals surface area contributed by atoms with Crippen LogP contribution in [0.15, 0.2) is 36.5 Å². The molecule has 0 spiro atoms. The minimum absolute atomic E-state index is 0.253. The number of hydrogen-bond donors (Lipinski definition) is 2. The van der Waals surface area contributed by atoms with Crippen molar-refractivity contribution in [3.63, 3.8) is 0 Å². The van der Waals surface area contributed by atoms with Crippen LogP contribution in [0.1, 0.15) is 17.7 Å². The number of aliphatic hydroxyl groups is 1. The molecule has 2 atom stereocenters. The highest BCUT2D eigenvalue weighted by atomic mass is 16.5. The number of rotatable bonds is 6. The third-order valence-corrected chi connectivity index (χ3v) is 5.25. The van der Waals surface area contributed by atoms with Crippen LogP contribution in [0.3, 0.4) is 0 Å². The lowest BCUT2D eigenvalue weighted by Crippen LogP contribution is -2.56. The molecule has 1 aliphatic heterocycles. The van der Waals surface area contributed by atoms with Crippen molar-refractivity contribution in [3.8, 4) is 5.75 Å². The average Bonchev–Trinajstić information content (AvgIpc) is 3.02. The van der Waals surface area contributed by atoms with Gasteiger partial charge < -0.3 is 14.9 Å². The van der Waals surface area contributed by atoms with E-state index in [1.165, 1.54) is 0 Å². The second-order valence-electron chi connectivity index (χ2n) is 6.95. The van der Waals surface area contributed by atoms with Gasteiger partial charge in [-0.15, -0.1) is 0 Å². The number of hydrogen-bond acceptors (Lipinski definition) is 5. The zero-order valence-electron chi connectivity index (χ0n) is 15.1. The molecule has 0 bridgehead atoms. The summed E-state index contributed by atoms with van der Waals surface area (Å²) in [6.07, 6.45) is 1.51. The van der Waals surface area contributed by atoms with Crippen LogP contribution < -0.4 is 4.74 Å². The highest BCUT2D eigenvalue weighted by Gasteiger charge is 2.49. The lowest BCUT2D eigenvalue weighted by atomic mass is 9.72. The Balaban J connectivity index is 1.84. The number of methoxy groups -OCH3 is 1. The zero-order valence-corrected chi connectivity index (χ0v) is 15.1. The van der Waals surface area contributed by atoms with E-state index in [9.17, 15) is 15.0 Å². The van der Waals surface area contributed by atoms with Crippen LogP contribution in [0.4, 0.5) is 0 Å². The summed E-state index contributed by atoms with van der Waals surface area (Å²) in [5.74, 6) is -0.289. The second-order valence-corrected chi connectivity index (χ2v) is 6.95. The first-order valence-electron chi connectivity index (χ1n) is 8.68. The monoisotopic (exact) mass is 359 g/mol. The molecule has 0 aliphatic carbocycles. The number of aliphatic hydroxyl groups excluding tert-OH is 1. The molecule has 0 radical (unpaired) electrons. The number of aromatic nitrogens is 2. The van der Waals surface area contributed by atoms with E-state index in [4.69, 9.17) is 4.74 Å². The average molecular weight is 359 g/mol. The summed E-state index contributed by atoms with van der Waals surface area (Å²) < 4.78 is 7.03. The fourth-order valence-corrected chi connectivity index (χ4v) is 3.69. The van der Waals surface area contributed by atoms with Gasteiger partial charge in [-0.25, -0.2) is 0 Å². The van der Waals surface area contributed by atoms with E-state index in [2.05, 4.69) is 10.00 Å². The predicted octanol–water partition coefficient (Wildman–Crippen LogP) is 1.31. The van der Waals surface area contributed by atoms with Crippen molar-refractivity contribution in [1.82, 2.24) is 14.7 Å². The molecule has 0 saturated carbocycles. The van der Waals surface area contributed by atoms with E-state index in [1.54, 1.807) is 18.0 Å². The van der Waals surface area contributed by atoms with Gasteiger partial charge in [-0.2, -0.15) is 5.10 Å². The van der Waals surface area contributed by atoms with Crippen LogP contribution in [0.25, 0.3) is 0 Å². The maximum Gasteiger partial charge on any atom is 0.313 e. The van der Waals surface area contributed by atoms with Crippen LogP contribution in [0, 0.1) is 5.41 Å². The van der Waals surface area contributed by atoms with E-state index in [0.29, 0.717) is 25.3 Å². The molecular formula is C19H25N3O4. The highest BCUT2D eigenvalue weighted by Crippen LogP contribution is 2.36. The Morgan fingerprint density at radius 1 is 1.42 bits per heavy atom. The Morgan fingerprint density at radius 2 is 2.23 bits per heavy atom. The molecule has 0 amide bonds. The van der Waals surface area contributed by atoms with Gasteiger partial charge in [0.25, 0.3) is 0 Å². The quantitative estimate of drug-likeness (QED) is 0.809. The predicted molar refractivity (Wildman–Crippen MR) is 95.9 cm³/mol. The van der Waals surface area contributed by atoms with Gasteiger partial charge in [-0.3, -0.25) is 14.4 Å². The Kier molecular flexibility index (Phi) is 5.29. The van der Waals surface area contributed by atoms with Gasteiger partial charge in [0.15, 0.2) is 0 Å². The van der Waals surface area contributed by atoms with E-state index >= 15 is 0 Å². The van der Waals surface area contributed by atoms with Crippen molar-refractivity contribution in [1.29, 1.82) is 0 Å². The first kappa shape index (κ1) is 18.4. The van der Waals surface area contributed by atoms with Crippen molar-refractivity contribution in [2.45, 2.75) is 25.5 Å². The third kappa shape index (κ3) is 3.59. The maximum absolute atomic E-state index is 12.2. The van der Waals surface area contributed by atoms with Crippen molar-refractivity contribution >= 4 is 5.97 Å². The van der Waals surface area contributed by atoms with Crippen LogP contribution in [-0.4, -0.2) is 57.2 Å². The molecular weight excluding hydrogens is 334 g/mol. The summed E-state index contributed by atoms with van der Waals surface area (Å²) in [7, 11) is 3.45. The largest absolute Gasteiger partial charge is 0.497 e. The normalized spacial score (nSPS) is 23.7. The van der Waals surface area contributed by atoms with Crippen LogP contribution in [-0.2, 0) is 24.8 Å². The number of aryl methyl sites for hydroxylation is 1. The summed E-state index contributed by atoms with van der Waals surface area (Å²) in [6.45, 7) is 1.54. The number of likely N-dealkylation sites (tertiary alicyclic amines) is 1. The molecule has 1 saturated heterocycles. The van der Waals surface area contributed by atoms with E-state index in [-0.39, 0.29) is 13.0 Å². The van der Waals surface area contributed by atoms with Crippen LogP contribution in [0.2, 0.25) is 0 Å². The summed E-state index contributed by atoms with van der Waals surface area (Å²) in [5.41, 5.74) is 0.610. The SMILES string of the molecule is COc1cccc(C[C@@]2(C(=O)O)CN(Cc3ccnn3C)CC[C@H]2O)c1. The van der Waals surface area contributed by atoms with Crippen molar-refractivity contribution in [2.24, 2.45) is 12.5 Å². The van der Waals surface area contributed by atoms with Gasteiger partial charge in [0, 0.05) is 32.9 Å². The molecule has 2 aromatic rings. The van der Waals surface area contributed by atoms with Gasteiger partial charge in [0.2, 0.25) is 0 Å². The number of carboxylic acids is 1. The van der Waals surface area contributed by atoms with Gasteiger partial charge in [-0.1, -0.05) is 12.1 Å². The molecule has 1 fully saturated rings. The number of piperidine rings is 1. The molecule has 1 aliphatic rings. The maximum atomic E-state index is 12.2. The fourth-order valence-electron chi connectivity index (χ4n) is 3.69. The first-order valence-corrected chi connectivity index (χ1v) is 8.68. The van der Waals surface area contributed by atoms with Crippen molar-refractivity contribution in [2.75, 3.05) is 20.2 Å². The topological polar surface area (TPSA) is 87.8 Å². The van der Waals surface area contributed by atoms with Gasteiger partial charge in [-0.05, 0) is 36.6 Å². The fraction of sp³-hybridized carbons (Fsp3) is 0.474. The second kappa shape index (κ2) is 7.47. The highest BCUT2D eigenvalue weighted by molar-refractivity contribution is 5.76. The molecule has 1 aromatic carbocycles. The van der Waals surface area contributed by atoms with E-state index < -0.39 is 17.5 Å². The molecule has 7 heteroatoms. The lowest BCUT2D eigenvalue weighted by Gasteiger charge is -2.43.